The molecule has 0 aromatic carbocycles. The molecule has 0 fully saturated rings. The third-order valence-electron chi connectivity index (χ3n) is 4.06. The van der Waals surface area contributed by atoms with E-state index in [0.717, 1.165) is 28.4 Å². The molecule has 116 valence electrons. The number of hydrogen-bond acceptors (Lipinski definition) is 6. The van der Waals surface area contributed by atoms with Crippen molar-refractivity contribution in [3.63, 3.8) is 0 Å². The van der Waals surface area contributed by atoms with Gasteiger partial charge in [0.15, 0.2) is 5.82 Å². The first-order valence-corrected chi connectivity index (χ1v) is 8.23. The minimum atomic E-state index is 0.524. The zero-order valence-electron chi connectivity index (χ0n) is 13.5. The molecule has 2 heterocycles. The molecule has 0 aliphatic heterocycles. The number of thiophene rings is 1. The number of nitrogens with one attached hydrogen (secondary N) is 1. The second kappa shape index (κ2) is 6.68. The lowest BCUT2D eigenvalue weighted by atomic mass is 10.2. The fraction of sp³-hybridized carbons (Fsp3) is 0.600. The van der Waals surface area contributed by atoms with Crippen molar-refractivity contribution in [2.75, 3.05) is 12.5 Å². The number of aryl methyl sites for hydroxylation is 2. The van der Waals surface area contributed by atoms with Crippen LogP contribution in [0.4, 0.5) is 5.82 Å². The predicted molar refractivity (Wildman–Crippen MR) is 90.5 cm³/mol. The molecule has 2 aromatic rings. The van der Waals surface area contributed by atoms with Gasteiger partial charge in [0, 0.05) is 10.9 Å². The van der Waals surface area contributed by atoms with E-state index in [-0.39, 0.29) is 0 Å². The molecule has 0 spiro atoms. The minimum Gasteiger partial charge on any atom is -0.308 e. The highest BCUT2D eigenvalue weighted by Gasteiger charge is 2.16. The molecule has 2 aromatic heterocycles. The molecule has 0 saturated heterocycles. The number of nitrogens with two attached hydrogens (primary N) is 1. The first-order valence-electron chi connectivity index (χ1n) is 7.41. The van der Waals surface area contributed by atoms with Crippen molar-refractivity contribution in [1.82, 2.24) is 14.9 Å². The molecule has 21 heavy (non-hydrogen) atoms. The number of aromatic nitrogens is 2. The third-order valence-corrected chi connectivity index (χ3v) is 5.16. The molecule has 0 radical (unpaired) electrons. The Hall–Kier alpha value is -1.24. The van der Waals surface area contributed by atoms with Crippen LogP contribution < -0.4 is 11.3 Å². The number of nitrogen functional groups attached to an aromatic ring is 1. The molecule has 6 heteroatoms. The van der Waals surface area contributed by atoms with Crippen LogP contribution in [0.5, 0.6) is 0 Å². The van der Waals surface area contributed by atoms with Gasteiger partial charge in [0.2, 0.25) is 0 Å². The van der Waals surface area contributed by atoms with Crippen LogP contribution in [-0.2, 0) is 6.54 Å². The fourth-order valence-electron chi connectivity index (χ4n) is 2.49. The molecule has 5 nitrogen and oxygen atoms in total. The van der Waals surface area contributed by atoms with Crippen LogP contribution in [-0.4, -0.2) is 28.0 Å². The molecule has 0 aliphatic rings. The normalized spacial score (nSPS) is 13.1. The van der Waals surface area contributed by atoms with Gasteiger partial charge >= 0.3 is 0 Å². The third kappa shape index (κ3) is 3.33. The van der Waals surface area contributed by atoms with Gasteiger partial charge in [-0.05, 0) is 39.8 Å². The molecule has 0 bridgehead atoms. The standard InChI is InChI=1S/C15H25N5S/c1-6-7-9(2)20(5)8-12-17-14(19-16)13-10(3)11(4)21-15(13)18-12/h9H,6-8,16H2,1-5H3,(H,17,18,19). The second-order valence-corrected chi connectivity index (χ2v) is 6.85. The Kier molecular flexibility index (Phi) is 5.13. The largest absolute Gasteiger partial charge is 0.308 e. The lowest BCUT2D eigenvalue weighted by Crippen LogP contribution is -2.29. The summed E-state index contributed by atoms with van der Waals surface area (Å²) < 4.78 is 0. The van der Waals surface area contributed by atoms with E-state index in [1.807, 2.05) is 0 Å². The summed E-state index contributed by atoms with van der Waals surface area (Å²) in [6.07, 6.45) is 2.36. The highest BCUT2D eigenvalue weighted by molar-refractivity contribution is 7.18. The second-order valence-electron chi connectivity index (χ2n) is 5.65. The smallest absolute Gasteiger partial charge is 0.152 e. The molecular weight excluding hydrogens is 282 g/mol. The lowest BCUT2D eigenvalue weighted by Gasteiger charge is -2.23. The summed E-state index contributed by atoms with van der Waals surface area (Å²) in [6, 6.07) is 0.524. The molecule has 1 unspecified atom stereocenters. The van der Waals surface area contributed by atoms with Crippen molar-refractivity contribution >= 4 is 27.4 Å². The Morgan fingerprint density at radius 2 is 2.05 bits per heavy atom. The van der Waals surface area contributed by atoms with E-state index >= 15 is 0 Å². The molecule has 3 N–H and O–H groups in total. The number of rotatable bonds is 6. The molecule has 1 atom stereocenters. The van der Waals surface area contributed by atoms with Crippen LogP contribution in [0.1, 0.15) is 43.0 Å². The van der Waals surface area contributed by atoms with Gasteiger partial charge in [-0.15, -0.1) is 11.3 Å². The van der Waals surface area contributed by atoms with E-state index in [4.69, 9.17) is 10.8 Å². The number of nitrogens with zero attached hydrogens (tertiary/aromatic N) is 3. The number of fused-ring (bicyclic) bond motifs is 1. The summed E-state index contributed by atoms with van der Waals surface area (Å²) in [5.74, 6) is 7.20. The van der Waals surface area contributed by atoms with Crippen LogP contribution in [0.2, 0.25) is 0 Å². The Morgan fingerprint density at radius 3 is 2.67 bits per heavy atom. The molecule has 0 amide bonds. The van der Waals surface area contributed by atoms with Gasteiger partial charge < -0.3 is 5.43 Å². The van der Waals surface area contributed by atoms with Gasteiger partial charge in [0.05, 0.1) is 11.9 Å². The lowest BCUT2D eigenvalue weighted by molar-refractivity contribution is 0.231. The minimum absolute atomic E-state index is 0.524. The summed E-state index contributed by atoms with van der Waals surface area (Å²) in [5, 5.41) is 1.05. The summed E-state index contributed by atoms with van der Waals surface area (Å²) in [4.78, 5) is 13.9. The van der Waals surface area contributed by atoms with Gasteiger partial charge in [0.25, 0.3) is 0 Å². The molecule has 0 saturated carbocycles. The first-order chi connectivity index (χ1) is 9.97. The molecule has 2 rings (SSSR count). The van der Waals surface area contributed by atoms with Crippen molar-refractivity contribution in [2.45, 2.75) is 53.1 Å². The summed E-state index contributed by atoms with van der Waals surface area (Å²) in [6.45, 7) is 9.39. The van der Waals surface area contributed by atoms with E-state index in [0.29, 0.717) is 6.04 Å². The first kappa shape index (κ1) is 16.1. The van der Waals surface area contributed by atoms with Crippen LogP contribution in [0.25, 0.3) is 10.2 Å². The zero-order valence-corrected chi connectivity index (χ0v) is 14.3. The van der Waals surface area contributed by atoms with Crippen molar-refractivity contribution < 1.29 is 0 Å². The maximum absolute atomic E-state index is 5.65. The Bertz CT molecular complexity index is 622. The summed E-state index contributed by atoms with van der Waals surface area (Å²) in [7, 11) is 2.12. The molecule has 0 aliphatic carbocycles. The van der Waals surface area contributed by atoms with Crippen LogP contribution in [0.3, 0.4) is 0 Å². The maximum Gasteiger partial charge on any atom is 0.152 e. The predicted octanol–water partition coefficient (Wildman–Crippen LogP) is 3.21. The van der Waals surface area contributed by atoms with E-state index in [1.54, 1.807) is 11.3 Å². The topological polar surface area (TPSA) is 67.1 Å². The van der Waals surface area contributed by atoms with Gasteiger partial charge in [-0.1, -0.05) is 13.3 Å². The average Bonchev–Trinajstić information content (AvgIpc) is 2.73. The van der Waals surface area contributed by atoms with Crippen LogP contribution >= 0.6 is 11.3 Å². The highest BCUT2D eigenvalue weighted by atomic mass is 32.1. The molecular formula is C15H25N5S. The fourth-order valence-corrected chi connectivity index (χ4v) is 3.53. The summed E-state index contributed by atoms with van der Waals surface area (Å²) in [5.41, 5.74) is 3.94. The van der Waals surface area contributed by atoms with E-state index in [9.17, 15) is 0 Å². The Labute approximate surface area is 130 Å². The number of hydrogen-bond donors (Lipinski definition) is 2. The Morgan fingerprint density at radius 1 is 1.33 bits per heavy atom. The van der Waals surface area contributed by atoms with Gasteiger partial charge in [-0.3, -0.25) is 4.90 Å². The van der Waals surface area contributed by atoms with Gasteiger partial charge in [-0.2, -0.15) is 0 Å². The van der Waals surface area contributed by atoms with Crippen molar-refractivity contribution in [3.8, 4) is 0 Å². The van der Waals surface area contributed by atoms with Crippen molar-refractivity contribution in [3.05, 3.63) is 16.3 Å². The van der Waals surface area contributed by atoms with Crippen LogP contribution in [0.15, 0.2) is 0 Å². The number of hydrazine groups is 1. The Balaban J connectivity index is 2.33. The summed E-state index contributed by atoms with van der Waals surface area (Å²) >= 11 is 1.70. The van der Waals surface area contributed by atoms with Gasteiger partial charge in [0.1, 0.15) is 10.7 Å². The maximum atomic E-state index is 5.65. The van der Waals surface area contributed by atoms with E-state index in [1.165, 1.54) is 23.3 Å². The highest BCUT2D eigenvalue weighted by Crippen LogP contribution is 2.33. The van der Waals surface area contributed by atoms with E-state index < -0.39 is 0 Å². The number of anilines is 1. The van der Waals surface area contributed by atoms with Gasteiger partial charge in [-0.25, -0.2) is 15.8 Å². The SMILES string of the molecule is CCCC(C)N(C)Cc1nc(NN)c2c(C)c(C)sc2n1. The average molecular weight is 307 g/mol. The van der Waals surface area contributed by atoms with Crippen molar-refractivity contribution in [1.29, 1.82) is 0 Å². The zero-order chi connectivity index (χ0) is 15.6. The monoisotopic (exact) mass is 307 g/mol. The van der Waals surface area contributed by atoms with Crippen LogP contribution in [0, 0.1) is 13.8 Å². The van der Waals surface area contributed by atoms with E-state index in [2.05, 4.69) is 50.1 Å². The van der Waals surface area contributed by atoms with Crippen molar-refractivity contribution in [2.24, 2.45) is 5.84 Å². The quantitative estimate of drug-likeness (QED) is 0.633.